The number of hydrogen-bond donors (Lipinski definition) is 0. The summed E-state index contributed by atoms with van der Waals surface area (Å²) in [6.45, 7) is 2.80. The number of benzene rings is 3. The zero-order valence-electron chi connectivity index (χ0n) is 17.6. The maximum atomic E-state index is 13.0. The highest BCUT2D eigenvalue weighted by atomic mass is 35.5. The molecular weight excluding hydrogens is 442 g/mol. The Morgan fingerprint density at radius 2 is 1.62 bits per heavy atom. The summed E-state index contributed by atoms with van der Waals surface area (Å²) in [7, 11) is 1.61. The Kier molecular flexibility index (Phi) is 5.72. The third-order valence-corrected chi connectivity index (χ3v) is 7.11. The van der Waals surface area contributed by atoms with Crippen molar-refractivity contribution >= 4 is 44.2 Å². The van der Waals surface area contributed by atoms with Gasteiger partial charge in [-0.25, -0.2) is 4.98 Å². The van der Waals surface area contributed by atoms with E-state index in [-0.39, 0.29) is 5.91 Å². The van der Waals surface area contributed by atoms with Gasteiger partial charge in [0.25, 0.3) is 5.91 Å². The number of amides is 1. The van der Waals surface area contributed by atoms with Gasteiger partial charge >= 0.3 is 0 Å². The topological polar surface area (TPSA) is 45.7 Å². The molecule has 0 saturated carbocycles. The molecule has 1 saturated heterocycles. The van der Waals surface area contributed by atoms with Crippen LogP contribution >= 0.6 is 22.9 Å². The predicted octanol–water partition coefficient (Wildman–Crippen LogP) is 5.59. The van der Waals surface area contributed by atoms with Crippen LogP contribution in [0.3, 0.4) is 0 Å². The van der Waals surface area contributed by atoms with E-state index in [0.717, 1.165) is 45.1 Å². The summed E-state index contributed by atoms with van der Waals surface area (Å²) in [6, 6.07) is 21.8. The second-order valence-corrected chi connectivity index (χ2v) is 9.06. The molecule has 1 amide bonds. The fourth-order valence-electron chi connectivity index (χ4n) is 3.98. The summed E-state index contributed by atoms with van der Waals surface area (Å²) in [5.74, 6) is 0.682. The van der Waals surface area contributed by atoms with Gasteiger partial charge in [0.1, 0.15) is 5.52 Å². The average Bonchev–Trinajstić information content (AvgIpc) is 3.29. The molecule has 0 bridgehead atoms. The van der Waals surface area contributed by atoms with E-state index in [9.17, 15) is 4.79 Å². The number of halogens is 1. The fourth-order valence-corrected chi connectivity index (χ4v) is 5.23. The van der Waals surface area contributed by atoms with E-state index in [4.69, 9.17) is 21.3 Å². The maximum Gasteiger partial charge on any atom is 0.253 e. The van der Waals surface area contributed by atoms with Crippen LogP contribution in [0.2, 0.25) is 5.02 Å². The highest BCUT2D eigenvalue weighted by Crippen LogP contribution is 2.38. The van der Waals surface area contributed by atoms with Crippen molar-refractivity contribution < 1.29 is 9.53 Å². The van der Waals surface area contributed by atoms with Crippen molar-refractivity contribution in [2.45, 2.75) is 0 Å². The number of anilines is 1. The summed E-state index contributed by atoms with van der Waals surface area (Å²) in [5.41, 5.74) is 3.77. The molecular formula is C25H22ClN3O2S. The highest BCUT2D eigenvalue weighted by molar-refractivity contribution is 7.22. The average molecular weight is 464 g/mol. The van der Waals surface area contributed by atoms with Crippen LogP contribution in [0.5, 0.6) is 5.75 Å². The van der Waals surface area contributed by atoms with Crippen LogP contribution in [-0.2, 0) is 0 Å². The molecule has 0 aliphatic carbocycles. The van der Waals surface area contributed by atoms with Crippen molar-refractivity contribution in [2.75, 3.05) is 38.2 Å². The fraction of sp³-hybridized carbons (Fsp3) is 0.200. The molecule has 162 valence electrons. The van der Waals surface area contributed by atoms with Crippen LogP contribution in [0.25, 0.3) is 21.3 Å². The molecule has 3 aromatic carbocycles. The van der Waals surface area contributed by atoms with Crippen molar-refractivity contribution in [2.24, 2.45) is 0 Å². The molecule has 7 heteroatoms. The normalized spacial score (nSPS) is 14.1. The standard InChI is InChI=1S/C25H22ClN3O2S/c1-31-23-20(26)11-12-21-22(23)27-25(32-21)29-15-13-28(14-16-29)24(30)19-9-7-18(8-10-19)17-5-3-2-4-6-17/h2-12H,13-16H2,1H3. The number of aromatic nitrogens is 1. The van der Waals surface area contributed by atoms with Gasteiger partial charge in [0, 0.05) is 31.7 Å². The van der Waals surface area contributed by atoms with Gasteiger partial charge < -0.3 is 14.5 Å². The Balaban J connectivity index is 1.26. The molecule has 0 spiro atoms. The summed E-state index contributed by atoms with van der Waals surface area (Å²) >= 11 is 7.86. The number of carbonyl (C=O) groups excluding carboxylic acids is 1. The van der Waals surface area contributed by atoms with Crippen LogP contribution in [0.4, 0.5) is 5.13 Å². The lowest BCUT2D eigenvalue weighted by molar-refractivity contribution is 0.0747. The number of rotatable bonds is 4. The lowest BCUT2D eigenvalue weighted by Gasteiger charge is -2.34. The van der Waals surface area contributed by atoms with Gasteiger partial charge in [-0.3, -0.25) is 4.79 Å². The first-order valence-corrected chi connectivity index (χ1v) is 11.7. The summed E-state index contributed by atoms with van der Waals surface area (Å²) in [4.78, 5) is 21.9. The Hall–Kier alpha value is -3.09. The maximum absolute atomic E-state index is 13.0. The van der Waals surface area contributed by atoms with Crippen molar-refractivity contribution in [3.05, 3.63) is 77.3 Å². The van der Waals surface area contributed by atoms with Crippen LogP contribution in [-0.4, -0.2) is 49.1 Å². The molecule has 5 rings (SSSR count). The van der Waals surface area contributed by atoms with Crippen LogP contribution in [0, 0.1) is 0 Å². The second kappa shape index (κ2) is 8.81. The van der Waals surface area contributed by atoms with Crippen LogP contribution < -0.4 is 9.64 Å². The zero-order valence-corrected chi connectivity index (χ0v) is 19.2. The zero-order chi connectivity index (χ0) is 22.1. The number of carbonyl (C=O) groups is 1. The van der Waals surface area contributed by atoms with Gasteiger partial charge in [-0.1, -0.05) is 65.4 Å². The first kappa shape index (κ1) is 20.8. The van der Waals surface area contributed by atoms with Gasteiger partial charge in [-0.2, -0.15) is 0 Å². The first-order valence-electron chi connectivity index (χ1n) is 10.5. The molecule has 2 heterocycles. The summed E-state index contributed by atoms with van der Waals surface area (Å²) < 4.78 is 6.47. The molecule has 5 nitrogen and oxygen atoms in total. The SMILES string of the molecule is COc1c(Cl)ccc2sc(N3CCN(C(=O)c4ccc(-c5ccccc5)cc4)CC3)nc12. The molecule has 1 aliphatic rings. The van der Waals surface area contributed by atoms with Crippen LogP contribution in [0.15, 0.2) is 66.7 Å². The molecule has 32 heavy (non-hydrogen) atoms. The number of nitrogens with zero attached hydrogens (tertiary/aromatic N) is 3. The number of piperazine rings is 1. The Bertz CT molecular complexity index is 1250. The molecule has 4 aromatic rings. The Labute approximate surface area is 195 Å². The molecule has 0 atom stereocenters. The summed E-state index contributed by atoms with van der Waals surface area (Å²) in [6.07, 6.45) is 0. The molecule has 1 aromatic heterocycles. The van der Waals surface area contributed by atoms with Gasteiger partial charge in [-0.15, -0.1) is 0 Å². The molecule has 1 aliphatic heterocycles. The Morgan fingerprint density at radius 1 is 0.938 bits per heavy atom. The van der Waals surface area contributed by atoms with Gasteiger partial charge in [0.2, 0.25) is 0 Å². The number of methoxy groups -OCH3 is 1. The van der Waals surface area contributed by atoms with Gasteiger partial charge in [0.05, 0.1) is 16.8 Å². The largest absolute Gasteiger partial charge is 0.493 e. The van der Waals surface area contributed by atoms with E-state index >= 15 is 0 Å². The number of fused-ring (bicyclic) bond motifs is 1. The monoisotopic (exact) mass is 463 g/mol. The van der Waals surface area contributed by atoms with Crippen molar-refractivity contribution in [1.82, 2.24) is 9.88 Å². The van der Waals surface area contributed by atoms with Crippen molar-refractivity contribution in [3.8, 4) is 16.9 Å². The lowest BCUT2D eigenvalue weighted by atomic mass is 10.0. The number of hydrogen-bond acceptors (Lipinski definition) is 5. The van der Waals surface area contributed by atoms with E-state index in [2.05, 4.69) is 17.0 Å². The molecule has 0 unspecified atom stereocenters. The smallest absolute Gasteiger partial charge is 0.253 e. The molecule has 1 fully saturated rings. The van der Waals surface area contributed by atoms with E-state index < -0.39 is 0 Å². The van der Waals surface area contributed by atoms with Crippen LogP contribution in [0.1, 0.15) is 10.4 Å². The number of ether oxygens (including phenoxy) is 1. The third kappa shape index (κ3) is 3.92. The Morgan fingerprint density at radius 3 is 2.31 bits per heavy atom. The first-order chi connectivity index (χ1) is 15.6. The quantitative estimate of drug-likeness (QED) is 0.396. The van der Waals surface area contributed by atoms with E-state index in [0.29, 0.717) is 23.9 Å². The van der Waals surface area contributed by atoms with E-state index in [1.54, 1.807) is 18.4 Å². The van der Waals surface area contributed by atoms with Crippen molar-refractivity contribution in [3.63, 3.8) is 0 Å². The third-order valence-electron chi connectivity index (χ3n) is 5.74. The van der Waals surface area contributed by atoms with Gasteiger partial charge in [0.15, 0.2) is 10.9 Å². The highest BCUT2D eigenvalue weighted by Gasteiger charge is 2.24. The minimum absolute atomic E-state index is 0.0713. The number of thiazole rings is 1. The van der Waals surface area contributed by atoms with Gasteiger partial charge in [-0.05, 0) is 35.4 Å². The lowest BCUT2D eigenvalue weighted by Crippen LogP contribution is -2.48. The van der Waals surface area contributed by atoms with Crippen molar-refractivity contribution in [1.29, 1.82) is 0 Å². The minimum atomic E-state index is 0.0713. The minimum Gasteiger partial charge on any atom is -0.493 e. The summed E-state index contributed by atoms with van der Waals surface area (Å²) in [5, 5.41) is 1.49. The van der Waals surface area contributed by atoms with E-state index in [1.165, 1.54) is 0 Å². The molecule has 0 radical (unpaired) electrons. The van der Waals surface area contributed by atoms with E-state index in [1.807, 2.05) is 59.5 Å². The second-order valence-electron chi connectivity index (χ2n) is 7.65. The molecule has 0 N–H and O–H groups in total. The predicted molar refractivity (Wildman–Crippen MR) is 131 cm³/mol.